The van der Waals surface area contributed by atoms with Crippen molar-refractivity contribution in [3.8, 4) is 5.69 Å². The van der Waals surface area contributed by atoms with Crippen LogP contribution in [0, 0.1) is 0 Å². The van der Waals surface area contributed by atoms with E-state index in [1.54, 1.807) is 13.0 Å². The molecule has 112 valence electrons. The molecule has 0 atom stereocenters. The maximum absolute atomic E-state index is 11.6. The molecular formula is C12H14N4O4S. The van der Waals surface area contributed by atoms with Crippen molar-refractivity contribution in [1.29, 1.82) is 0 Å². The predicted molar refractivity (Wildman–Crippen MR) is 75.3 cm³/mol. The molecule has 4 N–H and O–H groups in total. The van der Waals surface area contributed by atoms with Crippen LogP contribution < -0.4 is 10.9 Å². The number of primary sulfonamides is 1. The molecule has 21 heavy (non-hydrogen) atoms. The number of nitrogen functional groups attached to an aromatic ring is 1. The highest BCUT2D eigenvalue weighted by Crippen LogP contribution is 2.18. The number of nitrogens with two attached hydrogens (primary N) is 2. The topological polar surface area (TPSA) is 130 Å². The molecule has 9 heteroatoms. The van der Waals surface area contributed by atoms with Crippen LogP contribution >= 0.6 is 0 Å². The zero-order valence-electron chi connectivity index (χ0n) is 11.2. The number of ether oxygens (including phenoxy) is 1. The number of hydrogen-bond acceptors (Lipinski definition) is 6. The maximum atomic E-state index is 11.6. The van der Waals surface area contributed by atoms with Crippen LogP contribution in [0.25, 0.3) is 5.69 Å². The van der Waals surface area contributed by atoms with Crippen LogP contribution in [0.15, 0.2) is 35.2 Å². The summed E-state index contributed by atoms with van der Waals surface area (Å²) in [6, 6.07) is 7.10. The fourth-order valence-electron chi connectivity index (χ4n) is 1.70. The second kappa shape index (κ2) is 5.54. The molecule has 0 amide bonds. The van der Waals surface area contributed by atoms with Crippen molar-refractivity contribution >= 4 is 21.8 Å². The lowest BCUT2D eigenvalue weighted by molar-refractivity contribution is 0.0519. The van der Waals surface area contributed by atoms with E-state index in [4.69, 9.17) is 15.6 Å². The SMILES string of the molecule is CCOC(=O)c1cc(N)n(-c2cccc(S(N)(=O)=O)c2)n1. The molecule has 0 aliphatic heterocycles. The van der Waals surface area contributed by atoms with Crippen LogP contribution in [0.1, 0.15) is 17.4 Å². The van der Waals surface area contributed by atoms with Crippen LogP contribution in [0.3, 0.4) is 0 Å². The third-order valence-corrected chi connectivity index (χ3v) is 3.52. The largest absolute Gasteiger partial charge is 0.461 e. The predicted octanol–water partition coefficient (Wildman–Crippen LogP) is 0.279. The highest BCUT2D eigenvalue weighted by atomic mass is 32.2. The molecule has 0 unspecified atom stereocenters. The maximum Gasteiger partial charge on any atom is 0.358 e. The summed E-state index contributed by atoms with van der Waals surface area (Å²) in [7, 11) is -3.84. The average molecular weight is 310 g/mol. The summed E-state index contributed by atoms with van der Waals surface area (Å²) < 4.78 is 28.7. The monoisotopic (exact) mass is 310 g/mol. The molecule has 0 saturated heterocycles. The summed E-state index contributed by atoms with van der Waals surface area (Å²) in [5.74, 6) is -0.435. The minimum absolute atomic E-state index is 0.0374. The van der Waals surface area contributed by atoms with E-state index >= 15 is 0 Å². The second-order valence-electron chi connectivity index (χ2n) is 4.13. The lowest BCUT2D eigenvalue weighted by atomic mass is 10.3. The lowest BCUT2D eigenvalue weighted by Crippen LogP contribution is -2.13. The number of aromatic nitrogens is 2. The van der Waals surface area contributed by atoms with Gasteiger partial charge in [0.1, 0.15) is 5.82 Å². The minimum Gasteiger partial charge on any atom is -0.461 e. The third-order valence-electron chi connectivity index (χ3n) is 2.61. The van der Waals surface area contributed by atoms with Gasteiger partial charge in [-0.05, 0) is 25.1 Å². The zero-order valence-corrected chi connectivity index (χ0v) is 12.0. The second-order valence-corrected chi connectivity index (χ2v) is 5.69. The number of hydrogen-bond donors (Lipinski definition) is 2. The number of anilines is 1. The minimum atomic E-state index is -3.84. The van der Waals surface area contributed by atoms with Crippen LogP contribution in [-0.2, 0) is 14.8 Å². The van der Waals surface area contributed by atoms with Crippen LogP contribution in [0.4, 0.5) is 5.82 Å². The summed E-state index contributed by atoms with van der Waals surface area (Å²) in [5.41, 5.74) is 6.19. The lowest BCUT2D eigenvalue weighted by Gasteiger charge is -2.05. The van der Waals surface area contributed by atoms with E-state index in [1.165, 1.54) is 28.9 Å². The fraction of sp³-hybridized carbons (Fsp3) is 0.167. The van der Waals surface area contributed by atoms with Gasteiger partial charge in [0, 0.05) is 6.07 Å². The molecule has 0 fully saturated rings. The molecule has 2 rings (SSSR count). The van der Waals surface area contributed by atoms with Gasteiger partial charge in [0.15, 0.2) is 5.69 Å². The van der Waals surface area contributed by atoms with Crippen molar-refractivity contribution in [3.63, 3.8) is 0 Å². The van der Waals surface area contributed by atoms with Crippen LogP contribution in [-0.4, -0.2) is 30.8 Å². The first kappa shape index (κ1) is 15.0. The Kier molecular flexibility index (Phi) is 3.96. The Balaban J connectivity index is 2.46. The van der Waals surface area contributed by atoms with Gasteiger partial charge >= 0.3 is 5.97 Å². The van der Waals surface area contributed by atoms with E-state index in [0.717, 1.165) is 0 Å². The number of carbonyl (C=O) groups is 1. The van der Waals surface area contributed by atoms with Gasteiger partial charge in [0.05, 0.1) is 17.2 Å². The van der Waals surface area contributed by atoms with Crippen molar-refractivity contribution in [2.75, 3.05) is 12.3 Å². The number of esters is 1. The van der Waals surface area contributed by atoms with Crippen molar-refractivity contribution in [3.05, 3.63) is 36.0 Å². The average Bonchev–Trinajstić information content (AvgIpc) is 2.80. The molecule has 0 aliphatic rings. The Bertz CT molecular complexity index is 782. The van der Waals surface area contributed by atoms with Gasteiger partial charge in [-0.1, -0.05) is 6.07 Å². The van der Waals surface area contributed by atoms with Gasteiger partial charge in [-0.3, -0.25) is 0 Å². The quantitative estimate of drug-likeness (QED) is 0.780. The molecule has 2 aromatic rings. The zero-order chi connectivity index (χ0) is 15.6. The van der Waals surface area contributed by atoms with E-state index in [2.05, 4.69) is 5.10 Å². The van der Waals surface area contributed by atoms with Crippen molar-refractivity contribution < 1.29 is 17.9 Å². The first-order valence-electron chi connectivity index (χ1n) is 5.99. The van der Waals surface area contributed by atoms with E-state index in [9.17, 15) is 13.2 Å². The van der Waals surface area contributed by atoms with Crippen molar-refractivity contribution in [1.82, 2.24) is 9.78 Å². The smallest absolute Gasteiger partial charge is 0.358 e. The van der Waals surface area contributed by atoms with Gasteiger partial charge in [-0.2, -0.15) is 5.10 Å². The molecule has 0 radical (unpaired) electrons. The van der Waals surface area contributed by atoms with Crippen molar-refractivity contribution in [2.45, 2.75) is 11.8 Å². The van der Waals surface area contributed by atoms with E-state index in [-0.39, 0.29) is 23.0 Å². The Morgan fingerprint density at radius 2 is 2.10 bits per heavy atom. The van der Waals surface area contributed by atoms with Crippen LogP contribution in [0.2, 0.25) is 0 Å². The number of rotatable bonds is 4. The van der Waals surface area contributed by atoms with Gasteiger partial charge in [0.2, 0.25) is 10.0 Å². The summed E-state index contributed by atoms with van der Waals surface area (Å²) in [6.07, 6.45) is 0. The third kappa shape index (κ3) is 3.20. The molecule has 1 aromatic carbocycles. The summed E-state index contributed by atoms with van der Waals surface area (Å²) >= 11 is 0. The van der Waals surface area contributed by atoms with Gasteiger partial charge in [-0.15, -0.1) is 0 Å². The summed E-state index contributed by atoms with van der Waals surface area (Å²) in [6.45, 7) is 1.89. The van der Waals surface area contributed by atoms with Gasteiger partial charge in [0.25, 0.3) is 0 Å². The van der Waals surface area contributed by atoms with E-state index in [0.29, 0.717) is 5.69 Å². The van der Waals surface area contributed by atoms with E-state index in [1.807, 2.05) is 0 Å². The molecule has 0 saturated carbocycles. The first-order valence-corrected chi connectivity index (χ1v) is 7.53. The molecule has 0 bridgehead atoms. The van der Waals surface area contributed by atoms with Gasteiger partial charge < -0.3 is 10.5 Å². The van der Waals surface area contributed by atoms with E-state index < -0.39 is 16.0 Å². The number of benzene rings is 1. The highest BCUT2D eigenvalue weighted by Gasteiger charge is 2.16. The standard InChI is InChI=1S/C12H14N4O4S/c1-2-20-12(17)10-7-11(13)16(15-10)8-4-3-5-9(6-8)21(14,18)19/h3-7H,2,13H2,1H3,(H2,14,18,19). The Morgan fingerprint density at radius 3 is 2.71 bits per heavy atom. The Morgan fingerprint density at radius 1 is 1.38 bits per heavy atom. The van der Waals surface area contributed by atoms with Crippen LogP contribution in [0.5, 0.6) is 0 Å². The highest BCUT2D eigenvalue weighted by molar-refractivity contribution is 7.89. The first-order chi connectivity index (χ1) is 9.82. The number of nitrogens with zero attached hydrogens (tertiary/aromatic N) is 2. The molecule has 1 aromatic heterocycles. The Hall–Kier alpha value is -2.39. The van der Waals surface area contributed by atoms with Gasteiger partial charge in [-0.25, -0.2) is 23.0 Å². The number of sulfonamides is 1. The number of carbonyl (C=O) groups excluding carboxylic acids is 1. The molecule has 1 heterocycles. The fourth-order valence-corrected chi connectivity index (χ4v) is 2.25. The summed E-state index contributed by atoms with van der Waals surface area (Å²) in [4.78, 5) is 11.5. The molecule has 0 spiro atoms. The molecule has 8 nitrogen and oxygen atoms in total. The molecule has 0 aliphatic carbocycles. The van der Waals surface area contributed by atoms with Crippen molar-refractivity contribution in [2.24, 2.45) is 5.14 Å². The summed E-state index contributed by atoms with van der Waals surface area (Å²) in [5, 5.41) is 9.08. The Labute approximate surface area is 121 Å². The normalized spacial score (nSPS) is 11.3. The molecular weight excluding hydrogens is 296 g/mol.